The van der Waals surface area contributed by atoms with Gasteiger partial charge in [-0.05, 0) is 42.9 Å². The Bertz CT molecular complexity index is 431. The van der Waals surface area contributed by atoms with Crippen LogP contribution in [0.3, 0.4) is 0 Å². The first kappa shape index (κ1) is 16.8. The molecular formula is C17H26BrNO2. The van der Waals surface area contributed by atoms with Gasteiger partial charge in [-0.2, -0.15) is 0 Å². The average molecular weight is 356 g/mol. The molecule has 1 heterocycles. The molecule has 0 unspecified atom stereocenters. The number of benzene rings is 1. The molecule has 1 aliphatic heterocycles. The van der Waals surface area contributed by atoms with Crippen molar-refractivity contribution < 1.29 is 9.47 Å². The van der Waals surface area contributed by atoms with Crippen LogP contribution in [0.2, 0.25) is 0 Å². The summed E-state index contributed by atoms with van der Waals surface area (Å²) in [4.78, 5) is 0. The lowest BCUT2D eigenvalue weighted by atomic mass is 9.77. The van der Waals surface area contributed by atoms with E-state index >= 15 is 0 Å². The summed E-state index contributed by atoms with van der Waals surface area (Å²) in [6, 6.07) is 8.57. The molecule has 21 heavy (non-hydrogen) atoms. The molecule has 0 amide bonds. The molecule has 3 nitrogen and oxygen atoms in total. The zero-order chi connectivity index (χ0) is 15.1. The van der Waals surface area contributed by atoms with Gasteiger partial charge in [-0.1, -0.05) is 35.8 Å². The Hall–Kier alpha value is -0.580. The normalized spacial score (nSPS) is 17.9. The van der Waals surface area contributed by atoms with Crippen LogP contribution in [-0.2, 0) is 4.74 Å². The maximum atomic E-state index is 5.92. The Balaban J connectivity index is 1.86. The molecule has 0 bridgehead atoms. The number of rotatable bonds is 7. The highest BCUT2D eigenvalue weighted by Gasteiger charge is 2.32. The standard InChI is InChI=1S/C17H26BrNO2/c1-14(2)19-13-17(6-9-20-10-7-17)8-11-21-16-5-3-4-15(18)12-16/h3-5,12,14,19H,6-11,13H2,1-2H3. The Morgan fingerprint density at radius 2 is 2.10 bits per heavy atom. The van der Waals surface area contributed by atoms with Gasteiger partial charge >= 0.3 is 0 Å². The Labute approximate surface area is 136 Å². The monoisotopic (exact) mass is 355 g/mol. The van der Waals surface area contributed by atoms with E-state index in [1.807, 2.05) is 24.3 Å². The lowest BCUT2D eigenvalue weighted by Crippen LogP contribution is -2.42. The second kappa shape index (κ2) is 8.16. The minimum Gasteiger partial charge on any atom is -0.494 e. The molecule has 0 aromatic heterocycles. The second-order valence-electron chi connectivity index (χ2n) is 6.20. The van der Waals surface area contributed by atoms with Crippen LogP contribution in [0.25, 0.3) is 0 Å². The van der Waals surface area contributed by atoms with Gasteiger partial charge in [0.1, 0.15) is 5.75 Å². The van der Waals surface area contributed by atoms with Gasteiger partial charge in [-0.3, -0.25) is 0 Å². The SMILES string of the molecule is CC(C)NCC1(CCOc2cccc(Br)c2)CCOCC1. The van der Waals surface area contributed by atoms with Crippen molar-refractivity contribution in [2.75, 3.05) is 26.4 Å². The Kier molecular flexibility index (Phi) is 6.52. The molecule has 1 fully saturated rings. The van der Waals surface area contributed by atoms with Gasteiger partial charge in [0.15, 0.2) is 0 Å². The van der Waals surface area contributed by atoms with Crippen molar-refractivity contribution in [3.63, 3.8) is 0 Å². The largest absolute Gasteiger partial charge is 0.494 e. The smallest absolute Gasteiger partial charge is 0.120 e. The van der Waals surface area contributed by atoms with E-state index in [1.54, 1.807) is 0 Å². The summed E-state index contributed by atoms with van der Waals surface area (Å²) in [5.74, 6) is 0.934. The van der Waals surface area contributed by atoms with Crippen molar-refractivity contribution in [1.82, 2.24) is 5.32 Å². The number of nitrogens with one attached hydrogen (secondary N) is 1. The van der Waals surface area contributed by atoms with Crippen molar-refractivity contribution in [3.05, 3.63) is 28.7 Å². The third-order valence-electron chi connectivity index (χ3n) is 4.14. The van der Waals surface area contributed by atoms with Crippen molar-refractivity contribution >= 4 is 15.9 Å². The number of hydrogen-bond acceptors (Lipinski definition) is 3. The van der Waals surface area contributed by atoms with Gasteiger partial charge in [0.2, 0.25) is 0 Å². The van der Waals surface area contributed by atoms with Gasteiger partial charge < -0.3 is 14.8 Å². The fourth-order valence-corrected chi connectivity index (χ4v) is 3.06. The Morgan fingerprint density at radius 3 is 2.76 bits per heavy atom. The molecule has 1 aromatic rings. The molecule has 0 aliphatic carbocycles. The minimum atomic E-state index is 0.314. The third kappa shape index (κ3) is 5.61. The third-order valence-corrected chi connectivity index (χ3v) is 4.63. The van der Waals surface area contributed by atoms with Gasteiger partial charge in [0, 0.05) is 30.3 Å². The van der Waals surface area contributed by atoms with Crippen LogP contribution in [-0.4, -0.2) is 32.4 Å². The highest BCUT2D eigenvalue weighted by Crippen LogP contribution is 2.34. The van der Waals surface area contributed by atoms with E-state index in [1.165, 1.54) is 0 Å². The maximum Gasteiger partial charge on any atom is 0.120 e. The first-order valence-corrected chi connectivity index (χ1v) is 8.58. The summed E-state index contributed by atoms with van der Waals surface area (Å²) in [6.07, 6.45) is 3.31. The molecule has 1 aliphatic rings. The van der Waals surface area contributed by atoms with E-state index in [2.05, 4.69) is 35.1 Å². The molecule has 2 rings (SSSR count). The lowest BCUT2D eigenvalue weighted by molar-refractivity contribution is 0.00338. The fourth-order valence-electron chi connectivity index (χ4n) is 2.68. The summed E-state index contributed by atoms with van der Waals surface area (Å²) < 4.78 is 12.5. The molecule has 0 radical (unpaired) electrons. The quantitative estimate of drug-likeness (QED) is 0.801. The lowest BCUT2D eigenvalue weighted by Gasteiger charge is -2.38. The van der Waals surface area contributed by atoms with Crippen LogP contribution >= 0.6 is 15.9 Å². The summed E-state index contributed by atoms with van der Waals surface area (Å²) in [6.45, 7) is 7.95. The maximum absolute atomic E-state index is 5.92. The molecule has 1 N–H and O–H groups in total. The van der Waals surface area contributed by atoms with Gasteiger partial charge in [0.05, 0.1) is 6.61 Å². The van der Waals surface area contributed by atoms with Gasteiger partial charge in [0.25, 0.3) is 0 Å². The van der Waals surface area contributed by atoms with Crippen LogP contribution < -0.4 is 10.1 Å². The summed E-state index contributed by atoms with van der Waals surface area (Å²) in [5, 5.41) is 3.60. The van der Waals surface area contributed by atoms with E-state index in [4.69, 9.17) is 9.47 Å². The number of hydrogen-bond donors (Lipinski definition) is 1. The molecule has 4 heteroatoms. The first-order chi connectivity index (χ1) is 10.1. The van der Waals surface area contributed by atoms with E-state index < -0.39 is 0 Å². The second-order valence-corrected chi connectivity index (χ2v) is 7.12. The van der Waals surface area contributed by atoms with Crippen LogP contribution in [0, 0.1) is 5.41 Å². The summed E-state index contributed by atoms with van der Waals surface area (Å²) in [5.41, 5.74) is 0.314. The van der Waals surface area contributed by atoms with Gasteiger partial charge in [-0.25, -0.2) is 0 Å². The minimum absolute atomic E-state index is 0.314. The van der Waals surface area contributed by atoms with Crippen LogP contribution in [0.4, 0.5) is 0 Å². The average Bonchev–Trinajstić information content (AvgIpc) is 2.46. The molecule has 0 spiro atoms. The van der Waals surface area contributed by atoms with E-state index in [0.717, 1.165) is 55.9 Å². The predicted octanol–water partition coefficient (Wildman–Crippen LogP) is 4.01. The number of ether oxygens (including phenoxy) is 2. The van der Waals surface area contributed by atoms with E-state index in [-0.39, 0.29) is 0 Å². The zero-order valence-corrected chi connectivity index (χ0v) is 14.6. The molecule has 1 saturated heterocycles. The van der Waals surface area contributed by atoms with E-state index in [9.17, 15) is 0 Å². The fraction of sp³-hybridized carbons (Fsp3) is 0.647. The molecule has 0 saturated carbocycles. The molecule has 118 valence electrons. The number of halogens is 1. The predicted molar refractivity (Wildman–Crippen MR) is 89.9 cm³/mol. The summed E-state index contributed by atoms with van der Waals surface area (Å²) >= 11 is 3.48. The highest BCUT2D eigenvalue weighted by molar-refractivity contribution is 9.10. The first-order valence-electron chi connectivity index (χ1n) is 7.79. The summed E-state index contributed by atoms with van der Waals surface area (Å²) in [7, 11) is 0. The van der Waals surface area contributed by atoms with Crippen molar-refractivity contribution in [2.24, 2.45) is 5.41 Å². The van der Waals surface area contributed by atoms with Crippen molar-refractivity contribution in [2.45, 2.75) is 39.2 Å². The van der Waals surface area contributed by atoms with Crippen molar-refractivity contribution in [3.8, 4) is 5.75 Å². The van der Waals surface area contributed by atoms with Crippen LogP contribution in [0.15, 0.2) is 28.7 Å². The zero-order valence-electron chi connectivity index (χ0n) is 13.0. The molecule has 0 atom stereocenters. The van der Waals surface area contributed by atoms with Crippen LogP contribution in [0.1, 0.15) is 33.1 Å². The topological polar surface area (TPSA) is 30.5 Å². The van der Waals surface area contributed by atoms with Gasteiger partial charge in [-0.15, -0.1) is 0 Å². The van der Waals surface area contributed by atoms with Crippen molar-refractivity contribution in [1.29, 1.82) is 0 Å². The van der Waals surface area contributed by atoms with E-state index in [0.29, 0.717) is 11.5 Å². The molecule has 1 aromatic carbocycles. The molecular weight excluding hydrogens is 330 g/mol. The Morgan fingerprint density at radius 1 is 1.33 bits per heavy atom. The van der Waals surface area contributed by atoms with Crippen LogP contribution in [0.5, 0.6) is 5.75 Å². The highest BCUT2D eigenvalue weighted by atomic mass is 79.9.